The smallest absolute Gasteiger partial charge is 0.307 e. The van der Waals surface area contributed by atoms with Crippen LogP contribution < -0.4 is 5.73 Å². The molecule has 1 fully saturated rings. The van der Waals surface area contributed by atoms with E-state index in [1.54, 1.807) is 0 Å². The van der Waals surface area contributed by atoms with Crippen molar-refractivity contribution in [2.45, 2.75) is 25.7 Å². The molecule has 1 aliphatic rings. The number of hydrogen-bond donors (Lipinski definition) is 2. The van der Waals surface area contributed by atoms with Crippen LogP contribution in [-0.2, 0) is 4.79 Å². The Balaban J connectivity index is 2.24. The summed E-state index contributed by atoms with van der Waals surface area (Å²) in [6.07, 6.45) is 4.45. The molecule has 1 unspecified atom stereocenters. The maximum Gasteiger partial charge on any atom is 0.307 e. The number of carboxylic acids is 1. The van der Waals surface area contributed by atoms with Gasteiger partial charge in [0.1, 0.15) is 0 Å². The predicted molar refractivity (Wildman–Crippen MR) is 42.1 cm³/mol. The minimum atomic E-state index is -0.737. The monoisotopic (exact) mass is 157 g/mol. The van der Waals surface area contributed by atoms with Crippen molar-refractivity contribution in [2.24, 2.45) is 17.6 Å². The van der Waals surface area contributed by atoms with Gasteiger partial charge >= 0.3 is 5.97 Å². The van der Waals surface area contributed by atoms with Crippen LogP contribution in [0.3, 0.4) is 0 Å². The van der Waals surface area contributed by atoms with Crippen molar-refractivity contribution < 1.29 is 9.90 Å². The van der Waals surface area contributed by atoms with E-state index in [0.29, 0.717) is 5.92 Å². The lowest BCUT2D eigenvalue weighted by Gasteiger charge is -2.27. The molecule has 0 spiro atoms. The molecule has 1 saturated carbocycles. The molecular weight excluding hydrogens is 142 g/mol. The van der Waals surface area contributed by atoms with Gasteiger partial charge in [-0.15, -0.1) is 0 Å². The first-order chi connectivity index (χ1) is 5.24. The van der Waals surface area contributed by atoms with Gasteiger partial charge in [0.2, 0.25) is 0 Å². The minimum absolute atomic E-state index is 0.284. The Morgan fingerprint density at radius 3 is 2.55 bits per heavy atom. The van der Waals surface area contributed by atoms with Gasteiger partial charge in [0.05, 0.1) is 5.92 Å². The highest BCUT2D eigenvalue weighted by molar-refractivity contribution is 5.70. The van der Waals surface area contributed by atoms with Crippen LogP contribution in [-0.4, -0.2) is 17.6 Å². The van der Waals surface area contributed by atoms with Crippen molar-refractivity contribution in [3.8, 4) is 0 Å². The van der Waals surface area contributed by atoms with Gasteiger partial charge in [-0.2, -0.15) is 0 Å². The van der Waals surface area contributed by atoms with Crippen molar-refractivity contribution >= 4 is 5.97 Å². The molecule has 3 N–H and O–H groups in total. The van der Waals surface area contributed by atoms with Crippen LogP contribution in [0.15, 0.2) is 0 Å². The van der Waals surface area contributed by atoms with Crippen molar-refractivity contribution in [1.29, 1.82) is 0 Å². The molecule has 11 heavy (non-hydrogen) atoms. The van der Waals surface area contributed by atoms with E-state index in [9.17, 15) is 4.79 Å². The van der Waals surface area contributed by atoms with Crippen LogP contribution in [0.25, 0.3) is 0 Å². The van der Waals surface area contributed by atoms with Crippen molar-refractivity contribution in [3.63, 3.8) is 0 Å². The van der Waals surface area contributed by atoms with Gasteiger partial charge in [0.25, 0.3) is 0 Å². The van der Waals surface area contributed by atoms with Crippen LogP contribution in [0.2, 0.25) is 0 Å². The van der Waals surface area contributed by atoms with Crippen molar-refractivity contribution in [1.82, 2.24) is 0 Å². The van der Waals surface area contributed by atoms with Crippen LogP contribution in [0.1, 0.15) is 25.7 Å². The van der Waals surface area contributed by atoms with Gasteiger partial charge in [-0.25, -0.2) is 0 Å². The Labute approximate surface area is 66.6 Å². The highest BCUT2D eigenvalue weighted by Gasteiger charge is 2.24. The fourth-order valence-corrected chi connectivity index (χ4v) is 1.43. The normalized spacial score (nSPS) is 20.8. The molecule has 3 nitrogen and oxygen atoms in total. The van der Waals surface area contributed by atoms with Crippen molar-refractivity contribution in [2.75, 3.05) is 6.54 Å². The van der Waals surface area contributed by atoms with Gasteiger partial charge in [0.15, 0.2) is 0 Å². The lowest BCUT2D eigenvalue weighted by Crippen LogP contribution is -2.27. The summed E-state index contributed by atoms with van der Waals surface area (Å²) >= 11 is 0. The van der Waals surface area contributed by atoms with Gasteiger partial charge in [-0.1, -0.05) is 19.3 Å². The van der Waals surface area contributed by atoms with Crippen LogP contribution in [0.4, 0.5) is 0 Å². The standard InChI is InChI=1S/C8H15NO2/c9-5-7(8(10)11)4-6-2-1-3-6/h6-7H,1-5,9H2,(H,10,11). The summed E-state index contributed by atoms with van der Waals surface area (Å²) in [5.41, 5.74) is 5.32. The zero-order chi connectivity index (χ0) is 8.27. The Morgan fingerprint density at radius 1 is 1.64 bits per heavy atom. The first-order valence-corrected chi connectivity index (χ1v) is 4.17. The molecule has 0 amide bonds. The molecule has 0 aromatic carbocycles. The second-order valence-electron chi connectivity index (χ2n) is 3.30. The Bertz CT molecular complexity index is 143. The molecule has 1 aliphatic carbocycles. The summed E-state index contributed by atoms with van der Waals surface area (Å²) in [6, 6.07) is 0. The van der Waals surface area contributed by atoms with E-state index in [0.717, 1.165) is 6.42 Å². The van der Waals surface area contributed by atoms with Crippen LogP contribution in [0.5, 0.6) is 0 Å². The highest BCUT2D eigenvalue weighted by atomic mass is 16.4. The number of nitrogens with two attached hydrogens (primary N) is 1. The van der Waals surface area contributed by atoms with Gasteiger partial charge in [-0.3, -0.25) is 4.79 Å². The molecule has 0 heterocycles. The summed E-state index contributed by atoms with van der Waals surface area (Å²) in [7, 11) is 0. The molecule has 1 rings (SSSR count). The quantitative estimate of drug-likeness (QED) is 0.635. The number of hydrogen-bond acceptors (Lipinski definition) is 2. The van der Waals surface area contributed by atoms with E-state index < -0.39 is 5.97 Å². The summed E-state index contributed by atoms with van der Waals surface area (Å²) in [5, 5.41) is 8.66. The molecule has 0 bridgehead atoms. The number of aliphatic carboxylic acids is 1. The van der Waals surface area contributed by atoms with Crippen LogP contribution >= 0.6 is 0 Å². The largest absolute Gasteiger partial charge is 0.481 e. The van der Waals surface area contributed by atoms with E-state index >= 15 is 0 Å². The third-order valence-corrected chi connectivity index (χ3v) is 2.48. The third-order valence-electron chi connectivity index (χ3n) is 2.48. The lowest BCUT2D eigenvalue weighted by molar-refractivity contribution is -0.142. The average Bonchev–Trinajstić information content (AvgIpc) is 1.85. The first-order valence-electron chi connectivity index (χ1n) is 4.17. The fraction of sp³-hybridized carbons (Fsp3) is 0.875. The summed E-state index contributed by atoms with van der Waals surface area (Å²) in [4.78, 5) is 10.5. The molecular formula is C8H15NO2. The molecule has 0 saturated heterocycles. The number of rotatable bonds is 4. The summed E-state index contributed by atoms with van der Waals surface area (Å²) < 4.78 is 0. The van der Waals surface area contributed by atoms with Gasteiger partial charge in [-0.05, 0) is 12.3 Å². The maximum atomic E-state index is 10.5. The third kappa shape index (κ3) is 2.19. The second kappa shape index (κ2) is 3.72. The Morgan fingerprint density at radius 2 is 2.27 bits per heavy atom. The molecule has 64 valence electrons. The second-order valence-corrected chi connectivity index (χ2v) is 3.30. The Hall–Kier alpha value is -0.570. The maximum absolute atomic E-state index is 10.5. The van der Waals surface area contributed by atoms with E-state index in [1.807, 2.05) is 0 Å². The topological polar surface area (TPSA) is 63.3 Å². The van der Waals surface area contributed by atoms with Crippen LogP contribution in [0, 0.1) is 11.8 Å². The van der Waals surface area contributed by atoms with E-state index in [4.69, 9.17) is 10.8 Å². The molecule has 0 aromatic heterocycles. The zero-order valence-corrected chi connectivity index (χ0v) is 6.62. The van der Waals surface area contributed by atoms with E-state index in [2.05, 4.69) is 0 Å². The average molecular weight is 157 g/mol. The predicted octanol–water partition coefficient (Wildman–Crippen LogP) is 0.836. The molecule has 0 aromatic rings. The minimum Gasteiger partial charge on any atom is -0.481 e. The zero-order valence-electron chi connectivity index (χ0n) is 6.62. The van der Waals surface area contributed by atoms with Gasteiger partial charge < -0.3 is 10.8 Å². The van der Waals surface area contributed by atoms with Gasteiger partial charge in [0, 0.05) is 6.54 Å². The number of carboxylic acid groups (broad SMARTS) is 1. The SMILES string of the molecule is NCC(CC1CCC1)C(=O)O. The van der Waals surface area contributed by atoms with Crippen molar-refractivity contribution in [3.05, 3.63) is 0 Å². The lowest BCUT2D eigenvalue weighted by atomic mass is 9.79. The fourth-order valence-electron chi connectivity index (χ4n) is 1.43. The number of carbonyl (C=O) groups is 1. The molecule has 0 aliphatic heterocycles. The Kier molecular flexibility index (Phi) is 2.88. The van der Waals surface area contributed by atoms with E-state index in [1.165, 1.54) is 19.3 Å². The summed E-state index contributed by atoms with van der Waals surface area (Å²) in [6.45, 7) is 0.284. The molecule has 0 radical (unpaired) electrons. The summed E-state index contributed by atoms with van der Waals surface area (Å²) in [5.74, 6) is -0.403. The first kappa shape index (κ1) is 8.53. The molecule has 3 heteroatoms. The highest BCUT2D eigenvalue weighted by Crippen LogP contribution is 2.31. The van der Waals surface area contributed by atoms with E-state index in [-0.39, 0.29) is 12.5 Å². The molecule has 1 atom stereocenters.